The molecular weight excluding hydrogens is 394 g/mol. The summed E-state index contributed by atoms with van der Waals surface area (Å²) in [4.78, 5) is 8.48. The molecule has 3 aromatic rings. The van der Waals surface area contributed by atoms with Crippen molar-refractivity contribution in [3.8, 4) is 5.75 Å². The number of rotatable bonds is 6. The summed E-state index contributed by atoms with van der Waals surface area (Å²) in [5.41, 5.74) is 0.394. The van der Waals surface area contributed by atoms with Gasteiger partial charge in [-0.25, -0.2) is 18.4 Å². The molecule has 0 spiro atoms. The van der Waals surface area contributed by atoms with Crippen molar-refractivity contribution in [1.82, 2.24) is 9.97 Å². The van der Waals surface area contributed by atoms with E-state index in [1.807, 2.05) is 18.2 Å². The van der Waals surface area contributed by atoms with E-state index in [0.29, 0.717) is 16.5 Å². The Morgan fingerprint density at radius 2 is 1.85 bits per heavy atom. The van der Waals surface area contributed by atoms with E-state index in [1.54, 1.807) is 18.3 Å². The topological polar surface area (TPSA) is 81.2 Å². The zero-order valence-corrected chi connectivity index (χ0v) is 16.0. The monoisotopic (exact) mass is 407 g/mol. The summed E-state index contributed by atoms with van der Waals surface area (Å²) >= 11 is 7.35. The van der Waals surface area contributed by atoms with Crippen molar-refractivity contribution in [2.45, 2.75) is 14.9 Å². The molecule has 0 saturated carbocycles. The Kier molecular flexibility index (Phi) is 5.65. The van der Waals surface area contributed by atoms with Gasteiger partial charge in [0.15, 0.2) is 0 Å². The van der Waals surface area contributed by atoms with Gasteiger partial charge in [-0.15, -0.1) is 0 Å². The van der Waals surface area contributed by atoms with Gasteiger partial charge in [-0.05, 0) is 42.5 Å². The molecular formula is C17H14ClN3O3S2. The van der Waals surface area contributed by atoms with Crippen LogP contribution in [0.5, 0.6) is 5.75 Å². The molecule has 6 nitrogen and oxygen atoms in total. The van der Waals surface area contributed by atoms with Gasteiger partial charge in [-0.2, -0.15) is 0 Å². The molecule has 9 heteroatoms. The average Bonchev–Trinajstić information content (AvgIpc) is 2.62. The summed E-state index contributed by atoms with van der Waals surface area (Å²) < 4.78 is 32.7. The highest BCUT2D eigenvalue weighted by Gasteiger charge is 2.16. The normalized spacial score (nSPS) is 11.2. The van der Waals surface area contributed by atoms with Crippen LogP contribution < -0.4 is 9.46 Å². The maximum Gasteiger partial charge on any atom is 0.261 e. The third-order valence-corrected chi connectivity index (χ3v) is 5.82. The number of methoxy groups -OCH3 is 1. The molecule has 2 aromatic heterocycles. The maximum atomic E-state index is 12.6. The van der Waals surface area contributed by atoms with Crippen molar-refractivity contribution >= 4 is 39.1 Å². The molecule has 0 fully saturated rings. The number of nitrogens with zero attached hydrogens (tertiary/aromatic N) is 2. The summed E-state index contributed by atoms with van der Waals surface area (Å²) in [5, 5.41) is 1.61. The molecule has 0 atom stereocenters. The molecule has 3 rings (SSSR count). The van der Waals surface area contributed by atoms with E-state index in [9.17, 15) is 8.42 Å². The highest BCUT2D eigenvalue weighted by atomic mass is 35.5. The number of nitrogens with one attached hydrogen (secondary N) is 1. The second-order valence-electron chi connectivity index (χ2n) is 5.05. The molecule has 0 radical (unpaired) electrons. The van der Waals surface area contributed by atoms with Crippen molar-refractivity contribution in [3.63, 3.8) is 0 Å². The van der Waals surface area contributed by atoms with Crippen LogP contribution in [0.15, 0.2) is 75.9 Å². The average molecular weight is 408 g/mol. The van der Waals surface area contributed by atoms with Gasteiger partial charge >= 0.3 is 0 Å². The fourth-order valence-electron chi connectivity index (χ4n) is 2.07. The van der Waals surface area contributed by atoms with Crippen molar-refractivity contribution in [2.75, 3.05) is 11.8 Å². The molecule has 0 aliphatic rings. The number of hydrogen-bond acceptors (Lipinski definition) is 6. The van der Waals surface area contributed by atoms with Gasteiger partial charge in [0.2, 0.25) is 0 Å². The van der Waals surface area contributed by atoms with Crippen molar-refractivity contribution in [1.29, 1.82) is 0 Å². The van der Waals surface area contributed by atoms with Gasteiger partial charge in [0.25, 0.3) is 10.0 Å². The second kappa shape index (κ2) is 7.94. The van der Waals surface area contributed by atoms with E-state index >= 15 is 0 Å². The zero-order valence-electron chi connectivity index (χ0n) is 13.6. The van der Waals surface area contributed by atoms with Crippen molar-refractivity contribution in [3.05, 3.63) is 65.9 Å². The van der Waals surface area contributed by atoms with Crippen LogP contribution in [0.25, 0.3) is 0 Å². The first-order chi connectivity index (χ1) is 12.5. The number of pyridine rings is 2. The lowest BCUT2D eigenvalue weighted by Gasteiger charge is -2.10. The van der Waals surface area contributed by atoms with Gasteiger partial charge < -0.3 is 4.74 Å². The largest absolute Gasteiger partial charge is 0.495 e. The van der Waals surface area contributed by atoms with E-state index in [0.717, 1.165) is 5.03 Å². The molecule has 26 heavy (non-hydrogen) atoms. The minimum atomic E-state index is -3.79. The smallest absolute Gasteiger partial charge is 0.261 e. The third-order valence-electron chi connectivity index (χ3n) is 3.27. The van der Waals surface area contributed by atoms with E-state index in [1.165, 1.54) is 43.3 Å². The van der Waals surface area contributed by atoms with Crippen molar-refractivity contribution < 1.29 is 13.2 Å². The highest BCUT2D eigenvalue weighted by Crippen LogP contribution is 2.29. The van der Waals surface area contributed by atoms with Crippen LogP contribution >= 0.6 is 23.4 Å². The number of anilines is 1. The molecule has 0 aliphatic heterocycles. The molecule has 1 aromatic carbocycles. The summed E-state index contributed by atoms with van der Waals surface area (Å²) in [6.07, 6.45) is 3.21. The molecule has 134 valence electrons. The SMILES string of the molecule is COc1ccc(S(=O)(=O)Nc2ccnc(Sc3ccccn3)c2)cc1Cl. The van der Waals surface area contributed by atoms with E-state index < -0.39 is 10.0 Å². The Balaban J connectivity index is 1.81. The molecule has 0 saturated heterocycles. The number of halogens is 1. The van der Waals surface area contributed by atoms with E-state index in [4.69, 9.17) is 16.3 Å². The van der Waals surface area contributed by atoms with Crippen LogP contribution in [0, 0.1) is 0 Å². The standard InChI is InChI=1S/C17H14ClN3O3S2/c1-24-15-6-5-13(11-14(15)18)26(22,23)21-12-7-9-20-17(10-12)25-16-4-2-3-8-19-16/h2-11H,1H3,(H,20,21). The Labute approximate surface area is 160 Å². The second-order valence-corrected chi connectivity index (χ2v) is 8.18. The molecule has 0 amide bonds. The third kappa shape index (κ3) is 4.46. The quantitative estimate of drug-likeness (QED) is 0.662. The first-order valence-corrected chi connectivity index (χ1v) is 10.1. The van der Waals surface area contributed by atoms with E-state index in [-0.39, 0.29) is 9.92 Å². The minimum Gasteiger partial charge on any atom is -0.495 e. The lowest BCUT2D eigenvalue weighted by molar-refractivity contribution is 0.414. The number of ether oxygens (including phenoxy) is 1. The predicted octanol–water partition coefficient (Wildman–Crippen LogP) is 4.09. The Morgan fingerprint density at radius 1 is 1.04 bits per heavy atom. The van der Waals surface area contributed by atoms with Crippen LogP contribution in [0.1, 0.15) is 0 Å². The van der Waals surface area contributed by atoms with E-state index in [2.05, 4.69) is 14.7 Å². The van der Waals surface area contributed by atoms with Crippen molar-refractivity contribution in [2.24, 2.45) is 0 Å². The number of hydrogen-bond donors (Lipinski definition) is 1. The maximum absolute atomic E-state index is 12.6. The molecule has 0 aliphatic carbocycles. The predicted molar refractivity (Wildman–Crippen MR) is 101 cm³/mol. The van der Waals surface area contributed by atoms with Crippen LogP contribution in [-0.4, -0.2) is 25.5 Å². The summed E-state index contributed by atoms with van der Waals surface area (Å²) in [6, 6.07) is 13.0. The number of sulfonamides is 1. The van der Waals surface area contributed by atoms with Crippen LogP contribution in [0.3, 0.4) is 0 Å². The van der Waals surface area contributed by atoms with Gasteiger partial charge in [0.05, 0.1) is 22.7 Å². The Bertz CT molecular complexity index is 1010. The molecule has 0 bridgehead atoms. The molecule has 1 N–H and O–H groups in total. The lowest BCUT2D eigenvalue weighted by atomic mass is 10.3. The number of aromatic nitrogens is 2. The first-order valence-electron chi connectivity index (χ1n) is 7.39. The Morgan fingerprint density at radius 3 is 2.54 bits per heavy atom. The van der Waals surface area contributed by atoms with Crippen LogP contribution in [0.4, 0.5) is 5.69 Å². The van der Waals surface area contributed by atoms with Gasteiger partial charge in [-0.3, -0.25) is 4.72 Å². The van der Waals surface area contributed by atoms with Gasteiger partial charge in [0, 0.05) is 12.4 Å². The highest BCUT2D eigenvalue weighted by molar-refractivity contribution is 7.99. The Hall–Kier alpha value is -2.29. The summed E-state index contributed by atoms with van der Waals surface area (Å²) in [5.74, 6) is 0.406. The molecule has 2 heterocycles. The van der Waals surface area contributed by atoms with Crippen LogP contribution in [0.2, 0.25) is 5.02 Å². The van der Waals surface area contributed by atoms with Gasteiger partial charge in [-0.1, -0.05) is 29.4 Å². The van der Waals surface area contributed by atoms with Gasteiger partial charge in [0.1, 0.15) is 15.8 Å². The van der Waals surface area contributed by atoms with Crippen LogP contribution in [-0.2, 0) is 10.0 Å². The summed E-state index contributed by atoms with van der Waals surface area (Å²) in [7, 11) is -2.33. The fourth-order valence-corrected chi connectivity index (χ4v) is 4.24. The fraction of sp³-hybridized carbons (Fsp3) is 0.0588. The number of benzene rings is 1. The first kappa shape index (κ1) is 18.5. The minimum absolute atomic E-state index is 0.0408. The zero-order chi connectivity index (χ0) is 18.6. The lowest BCUT2D eigenvalue weighted by Crippen LogP contribution is -2.13. The summed E-state index contributed by atoms with van der Waals surface area (Å²) in [6.45, 7) is 0. The molecule has 0 unspecified atom stereocenters.